The van der Waals surface area contributed by atoms with Crippen LogP contribution in [0.4, 0.5) is 5.82 Å². The Morgan fingerprint density at radius 3 is 2.70 bits per heavy atom. The van der Waals surface area contributed by atoms with E-state index >= 15 is 0 Å². The zero-order chi connectivity index (χ0) is 14.2. The van der Waals surface area contributed by atoms with E-state index in [1.165, 1.54) is 38.8 Å². The van der Waals surface area contributed by atoms with Crippen molar-refractivity contribution in [2.75, 3.05) is 32.0 Å². The van der Waals surface area contributed by atoms with Crippen LogP contribution in [0.2, 0.25) is 5.15 Å². The number of hydrogen-bond acceptors (Lipinski definition) is 4. The summed E-state index contributed by atoms with van der Waals surface area (Å²) < 4.78 is 0. The van der Waals surface area contributed by atoms with Crippen LogP contribution < -0.4 is 5.32 Å². The van der Waals surface area contributed by atoms with Crippen LogP contribution in [0.15, 0.2) is 6.07 Å². The van der Waals surface area contributed by atoms with Gasteiger partial charge in [0.2, 0.25) is 0 Å². The van der Waals surface area contributed by atoms with Crippen LogP contribution in [0.25, 0.3) is 0 Å². The summed E-state index contributed by atoms with van der Waals surface area (Å²) in [5.41, 5.74) is 0.351. The number of aromatic nitrogens is 2. The Balaban J connectivity index is 1.63. The van der Waals surface area contributed by atoms with Gasteiger partial charge in [0.15, 0.2) is 0 Å². The van der Waals surface area contributed by atoms with Gasteiger partial charge in [-0.2, -0.15) is 0 Å². The van der Waals surface area contributed by atoms with Crippen molar-refractivity contribution in [3.63, 3.8) is 0 Å². The molecule has 1 aliphatic carbocycles. The van der Waals surface area contributed by atoms with E-state index < -0.39 is 0 Å². The molecule has 2 fully saturated rings. The number of nitrogens with zero attached hydrogens (tertiary/aromatic N) is 3. The van der Waals surface area contributed by atoms with Crippen molar-refractivity contribution in [2.24, 2.45) is 5.41 Å². The molecule has 0 radical (unpaired) electrons. The molecule has 1 saturated carbocycles. The lowest BCUT2D eigenvalue weighted by atomic mass is 9.80. The SMILES string of the molecule is CN1CCC(C)(CNc2cc(Cl)nc(C3CC3)n2)CC1. The van der Waals surface area contributed by atoms with Gasteiger partial charge in [0.1, 0.15) is 16.8 Å². The summed E-state index contributed by atoms with van der Waals surface area (Å²) in [6, 6.07) is 1.84. The highest BCUT2D eigenvalue weighted by molar-refractivity contribution is 6.29. The van der Waals surface area contributed by atoms with Crippen LogP contribution >= 0.6 is 11.6 Å². The van der Waals surface area contributed by atoms with Gasteiger partial charge in [-0.15, -0.1) is 0 Å². The van der Waals surface area contributed by atoms with Crippen molar-refractivity contribution in [1.82, 2.24) is 14.9 Å². The number of piperidine rings is 1. The number of hydrogen-bond donors (Lipinski definition) is 1. The minimum absolute atomic E-state index is 0.351. The fraction of sp³-hybridized carbons (Fsp3) is 0.733. The van der Waals surface area contributed by atoms with Crippen LogP contribution in [0, 0.1) is 5.41 Å². The van der Waals surface area contributed by atoms with Crippen molar-refractivity contribution < 1.29 is 0 Å². The lowest BCUT2D eigenvalue weighted by molar-refractivity contribution is 0.150. The summed E-state index contributed by atoms with van der Waals surface area (Å²) in [7, 11) is 2.19. The molecule has 3 rings (SSSR count). The molecule has 0 atom stereocenters. The van der Waals surface area contributed by atoms with Gasteiger partial charge in [-0.1, -0.05) is 18.5 Å². The zero-order valence-corrected chi connectivity index (χ0v) is 13.1. The molecule has 0 amide bonds. The van der Waals surface area contributed by atoms with Crippen LogP contribution in [-0.2, 0) is 0 Å². The maximum Gasteiger partial charge on any atom is 0.135 e. The van der Waals surface area contributed by atoms with Gasteiger partial charge in [0, 0.05) is 18.5 Å². The van der Waals surface area contributed by atoms with Crippen molar-refractivity contribution in [3.8, 4) is 0 Å². The summed E-state index contributed by atoms with van der Waals surface area (Å²) in [6.45, 7) is 5.67. The second-order valence-electron chi connectivity index (χ2n) is 6.68. The van der Waals surface area contributed by atoms with Crippen molar-refractivity contribution in [2.45, 2.75) is 38.5 Å². The molecule has 110 valence electrons. The van der Waals surface area contributed by atoms with Crippen molar-refractivity contribution in [1.29, 1.82) is 0 Å². The number of halogens is 1. The molecule has 1 aromatic rings. The first kappa shape index (κ1) is 14.1. The van der Waals surface area contributed by atoms with E-state index in [1.54, 1.807) is 0 Å². The van der Waals surface area contributed by atoms with E-state index in [9.17, 15) is 0 Å². The number of nitrogens with one attached hydrogen (secondary N) is 1. The van der Waals surface area contributed by atoms with Crippen LogP contribution in [-0.4, -0.2) is 41.5 Å². The predicted octanol–water partition coefficient (Wildman–Crippen LogP) is 3.15. The lowest BCUT2D eigenvalue weighted by Gasteiger charge is -2.38. The van der Waals surface area contributed by atoms with E-state index in [4.69, 9.17) is 11.6 Å². The van der Waals surface area contributed by atoms with E-state index in [0.29, 0.717) is 16.5 Å². The summed E-state index contributed by atoms with van der Waals surface area (Å²) >= 11 is 6.10. The number of rotatable bonds is 4. The molecule has 4 nitrogen and oxygen atoms in total. The minimum atomic E-state index is 0.351. The second-order valence-corrected chi connectivity index (χ2v) is 7.06. The van der Waals surface area contributed by atoms with E-state index in [1.807, 2.05) is 6.07 Å². The molecule has 0 spiro atoms. The van der Waals surface area contributed by atoms with Crippen molar-refractivity contribution >= 4 is 17.4 Å². The van der Waals surface area contributed by atoms with E-state index in [0.717, 1.165) is 18.2 Å². The van der Waals surface area contributed by atoms with Gasteiger partial charge in [0.05, 0.1) is 0 Å². The molecule has 1 N–H and O–H groups in total. The maximum absolute atomic E-state index is 6.10. The Labute approximate surface area is 125 Å². The fourth-order valence-electron chi connectivity index (χ4n) is 2.69. The van der Waals surface area contributed by atoms with Crippen LogP contribution in [0.1, 0.15) is 44.3 Å². The lowest BCUT2D eigenvalue weighted by Crippen LogP contribution is -2.40. The third kappa shape index (κ3) is 3.41. The van der Waals surface area contributed by atoms with Crippen molar-refractivity contribution in [3.05, 3.63) is 17.0 Å². The summed E-state index contributed by atoms with van der Waals surface area (Å²) in [5.74, 6) is 2.33. The third-order valence-corrected chi connectivity index (χ3v) is 4.74. The zero-order valence-electron chi connectivity index (χ0n) is 12.3. The highest BCUT2D eigenvalue weighted by Crippen LogP contribution is 2.39. The maximum atomic E-state index is 6.10. The first-order chi connectivity index (χ1) is 9.54. The van der Waals surface area contributed by atoms with Gasteiger partial charge in [0.25, 0.3) is 0 Å². The van der Waals surface area contributed by atoms with Gasteiger partial charge in [-0.25, -0.2) is 9.97 Å². The molecular formula is C15H23ClN4. The van der Waals surface area contributed by atoms with Gasteiger partial charge in [-0.3, -0.25) is 0 Å². The molecule has 1 aromatic heterocycles. The third-order valence-electron chi connectivity index (χ3n) is 4.55. The summed E-state index contributed by atoms with van der Waals surface area (Å²) in [6.07, 6.45) is 4.85. The topological polar surface area (TPSA) is 41.0 Å². The molecule has 1 aliphatic heterocycles. The highest BCUT2D eigenvalue weighted by Gasteiger charge is 2.30. The minimum Gasteiger partial charge on any atom is -0.369 e. The molecule has 1 saturated heterocycles. The molecule has 5 heteroatoms. The molecular weight excluding hydrogens is 272 g/mol. The summed E-state index contributed by atoms with van der Waals surface area (Å²) in [5, 5.41) is 4.03. The summed E-state index contributed by atoms with van der Waals surface area (Å²) in [4.78, 5) is 11.3. The smallest absolute Gasteiger partial charge is 0.135 e. The Morgan fingerprint density at radius 1 is 1.35 bits per heavy atom. The average Bonchev–Trinajstić information content (AvgIpc) is 3.24. The largest absolute Gasteiger partial charge is 0.369 e. The standard InChI is InChI=1S/C15H23ClN4/c1-15(5-7-20(2)8-6-15)10-17-13-9-12(16)18-14(19-13)11-3-4-11/h9,11H,3-8,10H2,1-2H3,(H,17,18,19). The normalized spacial score (nSPS) is 22.8. The number of likely N-dealkylation sites (tertiary alicyclic amines) is 1. The number of anilines is 1. The first-order valence-electron chi connectivity index (χ1n) is 7.51. The molecule has 0 aromatic carbocycles. The Bertz CT molecular complexity index is 479. The Morgan fingerprint density at radius 2 is 2.05 bits per heavy atom. The molecule has 20 heavy (non-hydrogen) atoms. The van der Waals surface area contributed by atoms with Crippen LogP contribution in [0.5, 0.6) is 0 Å². The molecule has 0 bridgehead atoms. The molecule has 2 heterocycles. The predicted molar refractivity (Wildman–Crippen MR) is 82.3 cm³/mol. The van der Waals surface area contributed by atoms with Gasteiger partial charge < -0.3 is 10.2 Å². The van der Waals surface area contributed by atoms with E-state index in [2.05, 4.69) is 34.2 Å². The fourth-order valence-corrected chi connectivity index (χ4v) is 2.88. The van der Waals surface area contributed by atoms with E-state index in [-0.39, 0.29) is 0 Å². The first-order valence-corrected chi connectivity index (χ1v) is 7.89. The molecule has 0 unspecified atom stereocenters. The average molecular weight is 295 g/mol. The monoisotopic (exact) mass is 294 g/mol. The van der Waals surface area contributed by atoms with Gasteiger partial charge in [-0.05, 0) is 51.2 Å². The Hall–Kier alpha value is -0.870. The van der Waals surface area contributed by atoms with Crippen LogP contribution in [0.3, 0.4) is 0 Å². The molecule has 2 aliphatic rings. The quantitative estimate of drug-likeness (QED) is 0.866. The van der Waals surface area contributed by atoms with Gasteiger partial charge >= 0.3 is 0 Å². The Kier molecular flexibility index (Phi) is 3.87. The highest BCUT2D eigenvalue weighted by atomic mass is 35.5. The second kappa shape index (κ2) is 5.49.